The van der Waals surface area contributed by atoms with Crippen LogP contribution in [0.1, 0.15) is 6.92 Å². The van der Waals surface area contributed by atoms with Gasteiger partial charge in [-0.3, -0.25) is 0 Å². The lowest BCUT2D eigenvalue weighted by Gasteiger charge is -1.97. The highest BCUT2D eigenvalue weighted by molar-refractivity contribution is 4.91. The van der Waals surface area contributed by atoms with Gasteiger partial charge in [-0.2, -0.15) is 13.2 Å². The van der Waals surface area contributed by atoms with E-state index < -0.39 is 12.3 Å². The Hall–Kier alpha value is -0.510. The topological polar surface area (TPSA) is 20.2 Å². The molecule has 9 heavy (non-hydrogen) atoms. The van der Waals surface area contributed by atoms with E-state index in [1.807, 2.05) is 0 Å². The molecule has 0 spiro atoms. The Morgan fingerprint density at radius 3 is 2.00 bits per heavy atom. The number of hydrogen-bond donors (Lipinski definition) is 1. The second kappa shape index (κ2) is 2.87. The Morgan fingerprint density at radius 1 is 1.44 bits per heavy atom. The molecule has 0 saturated carbocycles. The van der Waals surface area contributed by atoms with Gasteiger partial charge in [-0.05, 0) is 6.92 Å². The first-order valence-electron chi connectivity index (χ1n) is 2.36. The van der Waals surface area contributed by atoms with E-state index in [2.05, 4.69) is 0 Å². The van der Waals surface area contributed by atoms with Crippen molar-refractivity contribution in [3.63, 3.8) is 0 Å². The molecule has 0 fully saturated rings. The highest BCUT2D eigenvalue weighted by atomic mass is 19.4. The lowest BCUT2D eigenvalue weighted by atomic mass is 10.3. The predicted molar refractivity (Wildman–Crippen MR) is 26.9 cm³/mol. The lowest BCUT2D eigenvalue weighted by molar-refractivity contribution is -0.0805. The van der Waals surface area contributed by atoms with Crippen molar-refractivity contribution in [1.82, 2.24) is 0 Å². The van der Waals surface area contributed by atoms with E-state index in [-0.39, 0.29) is 6.08 Å². The van der Waals surface area contributed by atoms with E-state index in [0.717, 1.165) is 0 Å². The van der Waals surface area contributed by atoms with Crippen LogP contribution in [-0.2, 0) is 0 Å². The van der Waals surface area contributed by atoms with Crippen molar-refractivity contribution in [2.75, 3.05) is 0 Å². The van der Waals surface area contributed by atoms with Crippen LogP contribution in [0.2, 0.25) is 0 Å². The maximum absolute atomic E-state index is 11.2. The molecule has 1 atom stereocenters. The van der Waals surface area contributed by atoms with E-state index in [1.165, 1.54) is 6.92 Å². The fourth-order valence-electron chi connectivity index (χ4n) is 0.248. The molecule has 0 bridgehead atoms. The van der Waals surface area contributed by atoms with E-state index in [1.54, 1.807) is 0 Å². The Labute approximate surface area is 50.8 Å². The number of aliphatic hydroxyl groups is 1. The van der Waals surface area contributed by atoms with E-state index in [4.69, 9.17) is 5.11 Å². The fraction of sp³-hybridized carbons (Fsp3) is 0.600. The summed E-state index contributed by atoms with van der Waals surface area (Å²) in [6.45, 7) is 1.25. The van der Waals surface area contributed by atoms with E-state index >= 15 is 0 Å². The van der Waals surface area contributed by atoms with Crippen LogP contribution in [0.25, 0.3) is 0 Å². The van der Waals surface area contributed by atoms with Gasteiger partial charge in [0.1, 0.15) is 0 Å². The summed E-state index contributed by atoms with van der Waals surface area (Å²) in [6, 6.07) is 0. The van der Waals surface area contributed by atoms with E-state index in [9.17, 15) is 13.2 Å². The molecule has 0 aliphatic carbocycles. The normalized spacial score (nSPS) is 16.6. The quantitative estimate of drug-likeness (QED) is 0.547. The summed E-state index contributed by atoms with van der Waals surface area (Å²) in [5.74, 6) is 0. The Bertz CT molecular complexity index is 103. The third kappa shape index (κ3) is 7.49. The number of allylic oxidation sites excluding steroid dienone is 1. The summed E-state index contributed by atoms with van der Waals surface area (Å²) in [7, 11) is 0. The molecule has 0 rings (SSSR count). The first kappa shape index (κ1) is 8.49. The Kier molecular flexibility index (Phi) is 2.70. The average molecular weight is 140 g/mol. The van der Waals surface area contributed by atoms with Crippen molar-refractivity contribution in [2.45, 2.75) is 19.2 Å². The zero-order valence-corrected chi connectivity index (χ0v) is 4.81. The fourth-order valence-corrected chi connectivity index (χ4v) is 0.248. The summed E-state index contributed by atoms with van der Waals surface area (Å²) >= 11 is 0. The number of halogens is 3. The zero-order chi connectivity index (χ0) is 7.49. The first-order valence-corrected chi connectivity index (χ1v) is 2.36. The van der Waals surface area contributed by atoms with Crippen LogP contribution in [0.4, 0.5) is 13.2 Å². The second-order valence-corrected chi connectivity index (χ2v) is 1.64. The van der Waals surface area contributed by atoms with Gasteiger partial charge in [0.05, 0.1) is 6.10 Å². The van der Waals surface area contributed by atoms with Gasteiger partial charge in [0, 0.05) is 6.08 Å². The third-order valence-corrected chi connectivity index (χ3v) is 0.564. The standard InChI is InChI=1S/C5H7F3O/c1-4(9)2-3-5(6,7)8/h2-4,9H,1H3/b3-2+. The average Bonchev–Trinajstić information content (AvgIpc) is 1.59. The molecule has 54 valence electrons. The van der Waals surface area contributed by atoms with Crippen LogP contribution in [0.3, 0.4) is 0 Å². The molecule has 0 saturated heterocycles. The van der Waals surface area contributed by atoms with Gasteiger partial charge in [-0.15, -0.1) is 0 Å². The highest BCUT2D eigenvalue weighted by Gasteiger charge is 2.21. The molecule has 0 aliphatic heterocycles. The van der Waals surface area contributed by atoms with Gasteiger partial charge in [0.2, 0.25) is 0 Å². The van der Waals surface area contributed by atoms with E-state index in [0.29, 0.717) is 6.08 Å². The van der Waals surface area contributed by atoms with Crippen LogP contribution < -0.4 is 0 Å². The lowest BCUT2D eigenvalue weighted by Crippen LogP contribution is -2.03. The smallest absolute Gasteiger partial charge is 0.389 e. The van der Waals surface area contributed by atoms with Gasteiger partial charge in [0.25, 0.3) is 0 Å². The third-order valence-electron chi connectivity index (χ3n) is 0.564. The predicted octanol–water partition coefficient (Wildman–Crippen LogP) is 1.49. The first-order chi connectivity index (χ1) is 3.92. The number of alkyl halides is 3. The molecule has 0 aromatic carbocycles. The van der Waals surface area contributed by atoms with Crippen LogP contribution in [0, 0.1) is 0 Å². The molecule has 0 aliphatic rings. The number of hydrogen-bond acceptors (Lipinski definition) is 1. The Balaban J connectivity index is 3.71. The van der Waals surface area contributed by atoms with Crippen LogP contribution >= 0.6 is 0 Å². The molecular formula is C5H7F3O. The minimum Gasteiger partial charge on any atom is -0.389 e. The van der Waals surface area contributed by atoms with Crippen molar-refractivity contribution in [3.8, 4) is 0 Å². The minimum absolute atomic E-state index is 0.0116. The minimum atomic E-state index is -4.31. The summed E-state index contributed by atoms with van der Waals surface area (Å²) in [6.07, 6.45) is -4.65. The molecular weight excluding hydrogens is 133 g/mol. The molecule has 4 heteroatoms. The van der Waals surface area contributed by atoms with Gasteiger partial charge in [-0.1, -0.05) is 6.08 Å². The summed E-state index contributed by atoms with van der Waals surface area (Å²) in [5.41, 5.74) is 0. The van der Waals surface area contributed by atoms with Crippen molar-refractivity contribution in [2.24, 2.45) is 0 Å². The maximum Gasteiger partial charge on any atom is 0.409 e. The second-order valence-electron chi connectivity index (χ2n) is 1.64. The highest BCUT2D eigenvalue weighted by Crippen LogP contribution is 2.15. The molecule has 1 unspecified atom stereocenters. The molecule has 0 aromatic heterocycles. The summed E-state index contributed by atoms with van der Waals surface area (Å²) in [5, 5.41) is 8.33. The van der Waals surface area contributed by atoms with Crippen molar-refractivity contribution >= 4 is 0 Å². The Morgan fingerprint density at radius 2 is 1.89 bits per heavy atom. The van der Waals surface area contributed by atoms with Gasteiger partial charge in [0.15, 0.2) is 0 Å². The maximum atomic E-state index is 11.2. The molecule has 0 amide bonds. The molecule has 1 nitrogen and oxygen atoms in total. The summed E-state index contributed by atoms with van der Waals surface area (Å²) < 4.78 is 33.7. The van der Waals surface area contributed by atoms with Crippen molar-refractivity contribution in [3.05, 3.63) is 12.2 Å². The van der Waals surface area contributed by atoms with Crippen molar-refractivity contribution in [1.29, 1.82) is 0 Å². The van der Waals surface area contributed by atoms with Crippen LogP contribution in [0.15, 0.2) is 12.2 Å². The molecule has 1 N–H and O–H groups in total. The van der Waals surface area contributed by atoms with Gasteiger partial charge < -0.3 is 5.11 Å². The van der Waals surface area contributed by atoms with Crippen LogP contribution in [-0.4, -0.2) is 17.4 Å². The monoisotopic (exact) mass is 140 g/mol. The molecule has 0 heterocycles. The van der Waals surface area contributed by atoms with Crippen molar-refractivity contribution < 1.29 is 18.3 Å². The largest absolute Gasteiger partial charge is 0.409 e. The van der Waals surface area contributed by atoms with Gasteiger partial charge in [-0.25, -0.2) is 0 Å². The number of aliphatic hydroxyl groups excluding tert-OH is 1. The van der Waals surface area contributed by atoms with Crippen LogP contribution in [0.5, 0.6) is 0 Å². The SMILES string of the molecule is CC(O)/C=C/C(F)(F)F. The number of rotatable bonds is 1. The summed E-state index contributed by atoms with van der Waals surface area (Å²) in [4.78, 5) is 0. The van der Waals surface area contributed by atoms with Gasteiger partial charge >= 0.3 is 6.18 Å². The zero-order valence-electron chi connectivity index (χ0n) is 4.81. The molecule has 0 aromatic rings. The molecule has 0 radical (unpaired) electrons.